The SMILES string of the molecule is CCOc1ccc(OCC(=O)OCc2ccccc2C#N)cc1. The molecule has 0 unspecified atom stereocenters. The lowest BCUT2D eigenvalue weighted by atomic mass is 10.1. The van der Waals surface area contributed by atoms with Gasteiger partial charge in [0.25, 0.3) is 0 Å². The van der Waals surface area contributed by atoms with E-state index in [1.165, 1.54) is 0 Å². The third-order valence-electron chi connectivity index (χ3n) is 3.02. The Hall–Kier alpha value is -3.00. The van der Waals surface area contributed by atoms with Crippen LogP contribution < -0.4 is 9.47 Å². The molecule has 0 aliphatic rings. The third-order valence-corrected chi connectivity index (χ3v) is 3.02. The number of carbonyl (C=O) groups excluding carboxylic acids is 1. The zero-order valence-electron chi connectivity index (χ0n) is 12.8. The Bertz CT molecular complexity index is 689. The van der Waals surface area contributed by atoms with Crippen molar-refractivity contribution in [3.63, 3.8) is 0 Å². The smallest absolute Gasteiger partial charge is 0.344 e. The van der Waals surface area contributed by atoms with Crippen molar-refractivity contribution in [1.29, 1.82) is 5.26 Å². The predicted molar refractivity (Wildman–Crippen MR) is 84.1 cm³/mol. The summed E-state index contributed by atoms with van der Waals surface area (Å²) in [5.41, 5.74) is 1.16. The number of nitrogens with zero attached hydrogens (tertiary/aromatic N) is 1. The van der Waals surface area contributed by atoms with E-state index in [0.29, 0.717) is 23.5 Å². The highest BCUT2D eigenvalue weighted by Crippen LogP contribution is 2.17. The molecule has 0 atom stereocenters. The average molecular weight is 311 g/mol. The van der Waals surface area contributed by atoms with Gasteiger partial charge in [0.1, 0.15) is 18.1 Å². The highest BCUT2D eigenvalue weighted by molar-refractivity contribution is 5.71. The van der Waals surface area contributed by atoms with Crippen LogP contribution in [0.3, 0.4) is 0 Å². The van der Waals surface area contributed by atoms with Gasteiger partial charge in [-0.1, -0.05) is 18.2 Å². The molecule has 0 aliphatic carbocycles. The van der Waals surface area contributed by atoms with Gasteiger partial charge >= 0.3 is 5.97 Å². The molecule has 0 bridgehead atoms. The Balaban J connectivity index is 1.80. The van der Waals surface area contributed by atoms with Gasteiger partial charge in [0.2, 0.25) is 0 Å². The molecular formula is C18H17NO4. The molecule has 0 fully saturated rings. The lowest BCUT2D eigenvalue weighted by Gasteiger charge is -2.09. The Morgan fingerprint density at radius 3 is 2.35 bits per heavy atom. The van der Waals surface area contributed by atoms with E-state index < -0.39 is 5.97 Å². The van der Waals surface area contributed by atoms with Gasteiger partial charge in [0, 0.05) is 5.56 Å². The Kier molecular flexibility index (Phi) is 6.01. The average Bonchev–Trinajstić information content (AvgIpc) is 2.60. The maximum atomic E-state index is 11.7. The monoisotopic (exact) mass is 311 g/mol. The highest BCUT2D eigenvalue weighted by atomic mass is 16.6. The van der Waals surface area contributed by atoms with Gasteiger partial charge in [-0.25, -0.2) is 4.79 Å². The van der Waals surface area contributed by atoms with Crippen LogP contribution in [0.15, 0.2) is 48.5 Å². The summed E-state index contributed by atoms with van der Waals surface area (Å²) in [6.07, 6.45) is 0. The van der Waals surface area contributed by atoms with Gasteiger partial charge in [-0.05, 0) is 37.3 Å². The number of nitriles is 1. The molecule has 2 rings (SSSR count). The Morgan fingerprint density at radius 1 is 1.04 bits per heavy atom. The van der Waals surface area contributed by atoms with Crippen molar-refractivity contribution in [1.82, 2.24) is 0 Å². The number of esters is 1. The highest BCUT2D eigenvalue weighted by Gasteiger charge is 2.07. The van der Waals surface area contributed by atoms with Crippen molar-refractivity contribution in [2.24, 2.45) is 0 Å². The second-order valence-electron chi connectivity index (χ2n) is 4.62. The van der Waals surface area contributed by atoms with Crippen LogP contribution in [0.25, 0.3) is 0 Å². The molecule has 118 valence electrons. The molecule has 2 aromatic rings. The summed E-state index contributed by atoms with van der Waals surface area (Å²) in [5, 5.41) is 8.97. The molecule has 0 radical (unpaired) electrons. The normalized spacial score (nSPS) is 9.74. The van der Waals surface area contributed by atoms with Crippen LogP contribution in [0.2, 0.25) is 0 Å². The third kappa shape index (κ3) is 5.04. The van der Waals surface area contributed by atoms with E-state index in [1.54, 1.807) is 48.5 Å². The van der Waals surface area contributed by atoms with Crippen molar-refractivity contribution >= 4 is 5.97 Å². The zero-order valence-corrected chi connectivity index (χ0v) is 12.8. The van der Waals surface area contributed by atoms with Crippen LogP contribution in [0.1, 0.15) is 18.1 Å². The number of carbonyl (C=O) groups is 1. The molecular weight excluding hydrogens is 294 g/mol. The van der Waals surface area contributed by atoms with E-state index in [1.807, 2.05) is 6.92 Å². The fourth-order valence-corrected chi connectivity index (χ4v) is 1.90. The van der Waals surface area contributed by atoms with Gasteiger partial charge in [0.05, 0.1) is 18.2 Å². The minimum Gasteiger partial charge on any atom is -0.494 e. The number of benzene rings is 2. The minimum absolute atomic E-state index is 0.0508. The fraction of sp³-hybridized carbons (Fsp3) is 0.222. The van der Waals surface area contributed by atoms with Crippen LogP contribution >= 0.6 is 0 Å². The Labute approximate surface area is 135 Å². The number of rotatable bonds is 7. The van der Waals surface area contributed by atoms with Gasteiger partial charge < -0.3 is 14.2 Å². The standard InChI is InChI=1S/C18H17NO4/c1-2-21-16-7-9-17(10-8-16)22-13-18(20)23-12-15-6-4-3-5-14(15)11-19/h3-10H,2,12-13H2,1H3. The topological polar surface area (TPSA) is 68.6 Å². The molecule has 0 heterocycles. The first-order chi connectivity index (χ1) is 11.2. The molecule has 0 N–H and O–H groups in total. The molecule has 0 saturated carbocycles. The van der Waals surface area contributed by atoms with Gasteiger partial charge in [-0.15, -0.1) is 0 Å². The van der Waals surface area contributed by atoms with Crippen LogP contribution in [0.5, 0.6) is 11.5 Å². The lowest BCUT2D eigenvalue weighted by Crippen LogP contribution is -2.15. The molecule has 0 saturated heterocycles. The number of ether oxygens (including phenoxy) is 3. The summed E-state index contributed by atoms with van der Waals surface area (Å²) in [6.45, 7) is 2.36. The molecule has 0 aliphatic heterocycles. The summed E-state index contributed by atoms with van der Waals surface area (Å²) in [4.78, 5) is 11.7. The summed E-state index contributed by atoms with van der Waals surface area (Å²) in [7, 11) is 0. The maximum Gasteiger partial charge on any atom is 0.344 e. The minimum atomic E-state index is -0.494. The second-order valence-corrected chi connectivity index (χ2v) is 4.62. The molecule has 5 heteroatoms. The molecule has 5 nitrogen and oxygen atoms in total. The van der Waals surface area contributed by atoms with Gasteiger partial charge in [0.15, 0.2) is 6.61 Å². The summed E-state index contributed by atoms with van der Waals surface area (Å²) < 4.78 is 15.8. The molecule has 0 spiro atoms. The van der Waals surface area contributed by atoms with Crippen LogP contribution in [0, 0.1) is 11.3 Å². The maximum absolute atomic E-state index is 11.7. The van der Waals surface area contributed by atoms with Crippen LogP contribution in [-0.4, -0.2) is 19.2 Å². The van der Waals surface area contributed by atoms with Crippen molar-refractivity contribution < 1.29 is 19.0 Å². The molecule has 2 aromatic carbocycles. The van der Waals surface area contributed by atoms with Crippen molar-refractivity contribution in [3.05, 3.63) is 59.7 Å². The zero-order chi connectivity index (χ0) is 16.5. The van der Waals surface area contributed by atoms with Crippen molar-refractivity contribution in [3.8, 4) is 17.6 Å². The molecule has 23 heavy (non-hydrogen) atoms. The fourth-order valence-electron chi connectivity index (χ4n) is 1.90. The van der Waals surface area contributed by atoms with E-state index in [9.17, 15) is 4.79 Å². The lowest BCUT2D eigenvalue weighted by molar-refractivity contribution is -0.147. The van der Waals surface area contributed by atoms with Gasteiger partial charge in [-0.2, -0.15) is 5.26 Å². The van der Waals surface area contributed by atoms with E-state index in [4.69, 9.17) is 19.5 Å². The summed E-state index contributed by atoms with van der Waals surface area (Å²) in [5.74, 6) is 0.810. The first kappa shape index (κ1) is 16.4. The number of hydrogen-bond donors (Lipinski definition) is 0. The first-order valence-electron chi connectivity index (χ1n) is 7.22. The van der Waals surface area contributed by atoms with E-state index in [2.05, 4.69) is 6.07 Å². The van der Waals surface area contributed by atoms with E-state index in [0.717, 1.165) is 5.75 Å². The quantitative estimate of drug-likeness (QED) is 0.735. The van der Waals surface area contributed by atoms with Crippen LogP contribution in [0.4, 0.5) is 0 Å². The van der Waals surface area contributed by atoms with Crippen molar-refractivity contribution in [2.45, 2.75) is 13.5 Å². The molecule has 0 aromatic heterocycles. The summed E-state index contributed by atoms with van der Waals surface area (Å²) >= 11 is 0. The predicted octanol–water partition coefficient (Wildman–Crippen LogP) is 3.08. The van der Waals surface area contributed by atoms with Crippen molar-refractivity contribution in [2.75, 3.05) is 13.2 Å². The number of hydrogen-bond acceptors (Lipinski definition) is 5. The Morgan fingerprint density at radius 2 is 1.70 bits per heavy atom. The van der Waals surface area contributed by atoms with E-state index in [-0.39, 0.29) is 13.2 Å². The first-order valence-corrected chi connectivity index (χ1v) is 7.22. The summed E-state index contributed by atoms with van der Waals surface area (Å²) in [6, 6.07) is 16.0. The second kappa shape index (κ2) is 8.44. The van der Waals surface area contributed by atoms with Gasteiger partial charge in [-0.3, -0.25) is 0 Å². The van der Waals surface area contributed by atoms with E-state index >= 15 is 0 Å². The molecule has 0 amide bonds. The van der Waals surface area contributed by atoms with Crippen LogP contribution in [-0.2, 0) is 16.1 Å². The largest absolute Gasteiger partial charge is 0.494 e.